The van der Waals surface area contributed by atoms with Crippen molar-refractivity contribution in [2.24, 2.45) is 5.92 Å². The van der Waals surface area contributed by atoms with E-state index < -0.39 is 0 Å². The maximum atomic E-state index is 8.68. The van der Waals surface area contributed by atoms with E-state index in [4.69, 9.17) is 5.11 Å². The van der Waals surface area contributed by atoms with Gasteiger partial charge < -0.3 is 10.4 Å². The predicted octanol–water partition coefficient (Wildman–Crippen LogP) is 1.10. The van der Waals surface area contributed by atoms with Gasteiger partial charge in [-0.3, -0.25) is 0 Å². The average molecular weight is 189 g/mol. The van der Waals surface area contributed by atoms with Crippen molar-refractivity contribution in [3.05, 3.63) is 0 Å². The quantitative estimate of drug-likeness (QED) is 0.694. The number of hydrogen-bond donors (Lipinski definition) is 2. The minimum Gasteiger partial charge on any atom is -0.396 e. The Balaban J connectivity index is 2.15. The first-order valence-corrected chi connectivity index (χ1v) is 5.82. The van der Waals surface area contributed by atoms with Crippen molar-refractivity contribution in [1.82, 2.24) is 5.32 Å². The zero-order valence-electron chi connectivity index (χ0n) is 7.75. The van der Waals surface area contributed by atoms with Gasteiger partial charge in [0.1, 0.15) is 0 Å². The van der Waals surface area contributed by atoms with Gasteiger partial charge in [0.05, 0.1) is 6.61 Å². The molecule has 0 bridgehead atoms. The molecule has 1 saturated heterocycles. The molecule has 0 amide bonds. The van der Waals surface area contributed by atoms with E-state index in [2.05, 4.69) is 12.2 Å². The molecule has 0 aromatic carbocycles. The van der Waals surface area contributed by atoms with Crippen molar-refractivity contribution in [1.29, 1.82) is 0 Å². The number of hydrogen-bond acceptors (Lipinski definition) is 3. The number of aliphatic hydroxyl groups excluding tert-OH is 1. The van der Waals surface area contributed by atoms with Crippen molar-refractivity contribution in [3.63, 3.8) is 0 Å². The lowest BCUT2D eigenvalue weighted by Crippen LogP contribution is -2.32. The maximum Gasteiger partial charge on any atom is 0.0521 e. The van der Waals surface area contributed by atoms with E-state index in [-0.39, 0.29) is 0 Å². The third kappa shape index (κ3) is 3.33. The second-order valence-corrected chi connectivity index (χ2v) is 4.87. The van der Waals surface area contributed by atoms with Crippen molar-refractivity contribution in [2.75, 3.05) is 25.4 Å². The molecule has 72 valence electrons. The van der Waals surface area contributed by atoms with Gasteiger partial charge in [-0.15, -0.1) is 0 Å². The molecule has 1 aliphatic rings. The highest BCUT2D eigenvalue weighted by molar-refractivity contribution is 7.99. The molecule has 1 unspecified atom stereocenters. The Bertz CT molecular complexity index is 115. The number of rotatable bonds is 4. The lowest BCUT2D eigenvalue weighted by molar-refractivity contribution is 0.321. The smallest absolute Gasteiger partial charge is 0.0521 e. The molecule has 1 rings (SSSR count). The molecular weight excluding hydrogens is 170 g/mol. The summed E-state index contributed by atoms with van der Waals surface area (Å²) in [5.74, 6) is 1.76. The van der Waals surface area contributed by atoms with Crippen molar-refractivity contribution >= 4 is 11.8 Å². The molecular formula is C9H19NOS. The molecule has 2 nitrogen and oxygen atoms in total. The van der Waals surface area contributed by atoms with Crippen LogP contribution in [0.25, 0.3) is 0 Å². The summed E-state index contributed by atoms with van der Waals surface area (Å²) < 4.78 is 0. The van der Waals surface area contributed by atoms with Crippen LogP contribution in [-0.4, -0.2) is 35.8 Å². The van der Waals surface area contributed by atoms with E-state index in [0.29, 0.717) is 6.61 Å². The molecule has 1 atom stereocenters. The Morgan fingerprint density at radius 2 is 2.17 bits per heavy atom. The third-order valence-electron chi connectivity index (χ3n) is 2.52. The van der Waals surface area contributed by atoms with Crippen LogP contribution in [0.3, 0.4) is 0 Å². The summed E-state index contributed by atoms with van der Waals surface area (Å²) in [6.45, 7) is 4.96. The summed E-state index contributed by atoms with van der Waals surface area (Å²) in [5.41, 5.74) is 0. The Morgan fingerprint density at radius 3 is 2.75 bits per heavy atom. The van der Waals surface area contributed by atoms with Gasteiger partial charge in [0, 0.05) is 11.0 Å². The van der Waals surface area contributed by atoms with Crippen LogP contribution >= 0.6 is 11.8 Å². The highest BCUT2D eigenvalue weighted by atomic mass is 32.2. The first kappa shape index (κ1) is 10.4. The molecule has 0 saturated carbocycles. The third-order valence-corrected chi connectivity index (χ3v) is 3.85. The first-order chi connectivity index (χ1) is 5.84. The average Bonchev–Trinajstić information content (AvgIpc) is 2.15. The van der Waals surface area contributed by atoms with Gasteiger partial charge in [0.15, 0.2) is 0 Å². The molecule has 1 aliphatic heterocycles. The van der Waals surface area contributed by atoms with E-state index in [1.54, 1.807) is 0 Å². The topological polar surface area (TPSA) is 32.3 Å². The summed E-state index contributed by atoms with van der Waals surface area (Å²) in [7, 11) is 0. The van der Waals surface area contributed by atoms with Crippen LogP contribution in [0.4, 0.5) is 0 Å². The summed E-state index contributed by atoms with van der Waals surface area (Å²) in [6.07, 6.45) is 2.61. The molecule has 0 aromatic rings. The normalized spacial score (nSPS) is 22.5. The van der Waals surface area contributed by atoms with Crippen LogP contribution in [0.5, 0.6) is 0 Å². The summed E-state index contributed by atoms with van der Waals surface area (Å²) >= 11 is 1.91. The van der Waals surface area contributed by atoms with Gasteiger partial charge in [-0.05, 0) is 31.8 Å². The largest absolute Gasteiger partial charge is 0.396 e. The molecule has 0 aliphatic carbocycles. The Hall–Kier alpha value is 0.270. The second kappa shape index (κ2) is 5.84. The second-order valence-electron chi connectivity index (χ2n) is 3.39. The van der Waals surface area contributed by atoms with Crippen molar-refractivity contribution in [2.45, 2.75) is 25.0 Å². The van der Waals surface area contributed by atoms with Gasteiger partial charge in [-0.1, -0.05) is 6.92 Å². The van der Waals surface area contributed by atoms with Crippen molar-refractivity contribution in [3.8, 4) is 0 Å². The lowest BCUT2D eigenvalue weighted by atomic mass is 9.95. The predicted molar refractivity (Wildman–Crippen MR) is 54.6 cm³/mol. The van der Waals surface area contributed by atoms with Gasteiger partial charge in [-0.25, -0.2) is 0 Å². The van der Waals surface area contributed by atoms with Crippen LogP contribution in [0.1, 0.15) is 19.8 Å². The number of piperidine rings is 1. The van der Waals surface area contributed by atoms with Crippen LogP contribution in [0.2, 0.25) is 0 Å². The fourth-order valence-corrected chi connectivity index (χ4v) is 2.71. The Labute approximate surface area is 79.1 Å². The van der Waals surface area contributed by atoms with Gasteiger partial charge >= 0.3 is 0 Å². The summed E-state index contributed by atoms with van der Waals surface area (Å²) in [6, 6.07) is 0. The highest BCUT2D eigenvalue weighted by Gasteiger charge is 2.19. The van der Waals surface area contributed by atoms with E-state index in [1.807, 2.05) is 11.8 Å². The number of thioether (sulfide) groups is 1. The Kier molecular flexibility index (Phi) is 5.04. The fraction of sp³-hybridized carbons (Fsp3) is 1.00. The molecule has 0 spiro atoms. The van der Waals surface area contributed by atoms with E-state index in [0.717, 1.165) is 16.9 Å². The molecule has 1 heterocycles. The first-order valence-electron chi connectivity index (χ1n) is 4.77. The highest BCUT2D eigenvalue weighted by Crippen LogP contribution is 2.25. The van der Waals surface area contributed by atoms with Gasteiger partial charge in [0.25, 0.3) is 0 Å². The van der Waals surface area contributed by atoms with Crippen molar-refractivity contribution < 1.29 is 5.11 Å². The molecule has 12 heavy (non-hydrogen) atoms. The molecule has 2 N–H and O–H groups in total. The minimum absolute atomic E-state index is 0.319. The number of nitrogens with one attached hydrogen (secondary N) is 1. The molecule has 0 aromatic heterocycles. The van der Waals surface area contributed by atoms with E-state index in [9.17, 15) is 0 Å². The summed E-state index contributed by atoms with van der Waals surface area (Å²) in [5, 5.41) is 12.8. The lowest BCUT2D eigenvalue weighted by Gasteiger charge is -2.27. The zero-order valence-corrected chi connectivity index (χ0v) is 8.57. The zero-order chi connectivity index (χ0) is 8.81. The van der Waals surface area contributed by atoms with Crippen LogP contribution in [0.15, 0.2) is 0 Å². The van der Waals surface area contributed by atoms with E-state index >= 15 is 0 Å². The molecule has 1 fully saturated rings. The molecule has 0 radical (unpaired) electrons. The molecule has 3 heteroatoms. The Morgan fingerprint density at radius 1 is 1.50 bits per heavy atom. The standard InChI is InChI=1S/C9H19NOS/c1-8(12-7-6-11)9-2-4-10-5-3-9/h8-11H,2-7H2,1H3. The van der Waals surface area contributed by atoms with Crippen LogP contribution in [0, 0.1) is 5.92 Å². The monoisotopic (exact) mass is 189 g/mol. The SMILES string of the molecule is CC(SCCO)C1CCNCC1. The number of aliphatic hydroxyl groups is 1. The van der Waals surface area contributed by atoms with E-state index in [1.165, 1.54) is 25.9 Å². The van der Waals surface area contributed by atoms with Gasteiger partial charge in [0.2, 0.25) is 0 Å². The van der Waals surface area contributed by atoms with Crippen LogP contribution < -0.4 is 5.32 Å². The minimum atomic E-state index is 0.319. The van der Waals surface area contributed by atoms with Crippen LogP contribution in [-0.2, 0) is 0 Å². The fourth-order valence-electron chi connectivity index (χ4n) is 1.69. The summed E-state index contributed by atoms with van der Waals surface area (Å²) in [4.78, 5) is 0. The maximum absolute atomic E-state index is 8.68. The van der Waals surface area contributed by atoms with Gasteiger partial charge in [-0.2, -0.15) is 11.8 Å².